The van der Waals surface area contributed by atoms with Crippen molar-refractivity contribution in [3.63, 3.8) is 0 Å². The molecule has 1 N–H and O–H groups in total. The van der Waals surface area contributed by atoms with Crippen molar-refractivity contribution in [1.82, 2.24) is 19.9 Å². The number of hydrogen-bond acceptors (Lipinski definition) is 6. The Morgan fingerprint density at radius 1 is 1.14 bits per heavy atom. The highest BCUT2D eigenvalue weighted by atomic mass is 16.7. The van der Waals surface area contributed by atoms with Crippen LogP contribution in [-0.4, -0.2) is 45.8 Å². The monoisotopic (exact) mass is 393 g/mol. The second-order valence-electron chi connectivity index (χ2n) is 6.85. The van der Waals surface area contributed by atoms with Crippen molar-refractivity contribution < 1.29 is 19.0 Å². The van der Waals surface area contributed by atoms with Crippen LogP contribution in [0.1, 0.15) is 11.7 Å². The minimum absolute atomic E-state index is 0.107. The van der Waals surface area contributed by atoms with Crippen LogP contribution in [0.25, 0.3) is 0 Å². The average Bonchev–Trinajstić information content (AvgIpc) is 3.35. The van der Waals surface area contributed by atoms with E-state index in [1.807, 2.05) is 36.5 Å². The fraction of sp³-hybridized carbons (Fsp3) is 0.250. The third-order valence-electron chi connectivity index (χ3n) is 4.84. The SMILES string of the molecule is O=C(Nc1ccc2c(c1)OCO2)N1CC(n2cc(COc3ccccc3)nn2)C1. The van der Waals surface area contributed by atoms with Crippen LogP contribution in [0.4, 0.5) is 10.5 Å². The summed E-state index contributed by atoms with van der Waals surface area (Å²) in [7, 11) is 0. The number of hydrogen-bond donors (Lipinski definition) is 1. The van der Waals surface area contributed by atoms with Gasteiger partial charge in [-0.15, -0.1) is 5.10 Å². The summed E-state index contributed by atoms with van der Waals surface area (Å²) in [4.78, 5) is 14.1. The molecule has 2 aromatic carbocycles. The molecule has 2 amide bonds. The highest BCUT2D eigenvalue weighted by molar-refractivity contribution is 5.90. The summed E-state index contributed by atoms with van der Waals surface area (Å²) in [6.45, 7) is 1.69. The third kappa shape index (κ3) is 3.66. The molecule has 1 aromatic heterocycles. The Balaban J connectivity index is 1.12. The molecule has 0 spiro atoms. The Labute approximate surface area is 166 Å². The van der Waals surface area contributed by atoms with E-state index in [4.69, 9.17) is 14.2 Å². The molecule has 1 saturated heterocycles. The Morgan fingerprint density at radius 3 is 2.83 bits per heavy atom. The number of anilines is 1. The molecule has 3 heterocycles. The van der Waals surface area contributed by atoms with Crippen molar-refractivity contribution in [2.75, 3.05) is 25.2 Å². The highest BCUT2D eigenvalue weighted by Gasteiger charge is 2.33. The first-order valence-corrected chi connectivity index (χ1v) is 9.29. The van der Waals surface area contributed by atoms with E-state index in [1.165, 1.54) is 0 Å². The minimum Gasteiger partial charge on any atom is -0.487 e. The van der Waals surface area contributed by atoms with Gasteiger partial charge in [-0.2, -0.15) is 0 Å². The maximum atomic E-state index is 12.4. The van der Waals surface area contributed by atoms with Crippen molar-refractivity contribution in [3.8, 4) is 17.2 Å². The lowest BCUT2D eigenvalue weighted by atomic mass is 10.1. The van der Waals surface area contributed by atoms with Crippen LogP contribution in [0.3, 0.4) is 0 Å². The molecule has 29 heavy (non-hydrogen) atoms. The number of para-hydroxylation sites is 1. The van der Waals surface area contributed by atoms with E-state index in [0.29, 0.717) is 36.9 Å². The number of aromatic nitrogens is 3. The lowest BCUT2D eigenvalue weighted by molar-refractivity contribution is 0.127. The summed E-state index contributed by atoms with van der Waals surface area (Å²) < 4.78 is 18.1. The van der Waals surface area contributed by atoms with Crippen molar-refractivity contribution in [3.05, 3.63) is 60.4 Å². The summed E-state index contributed by atoms with van der Waals surface area (Å²) in [5, 5.41) is 11.2. The van der Waals surface area contributed by atoms with Crippen LogP contribution >= 0.6 is 0 Å². The van der Waals surface area contributed by atoms with Gasteiger partial charge in [0.2, 0.25) is 6.79 Å². The molecular weight excluding hydrogens is 374 g/mol. The topological polar surface area (TPSA) is 90.7 Å². The van der Waals surface area contributed by atoms with Crippen LogP contribution in [0, 0.1) is 0 Å². The number of benzene rings is 2. The first kappa shape index (κ1) is 17.4. The van der Waals surface area contributed by atoms with Gasteiger partial charge in [0.05, 0.1) is 12.2 Å². The van der Waals surface area contributed by atoms with Gasteiger partial charge in [0.15, 0.2) is 11.5 Å². The largest absolute Gasteiger partial charge is 0.487 e. The number of nitrogens with zero attached hydrogens (tertiary/aromatic N) is 4. The molecule has 148 valence electrons. The first-order valence-electron chi connectivity index (χ1n) is 9.29. The van der Waals surface area contributed by atoms with E-state index in [9.17, 15) is 4.79 Å². The molecule has 1 fully saturated rings. The Bertz CT molecular complexity index is 1020. The van der Waals surface area contributed by atoms with Gasteiger partial charge in [0, 0.05) is 24.8 Å². The molecule has 9 nitrogen and oxygen atoms in total. The van der Waals surface area contributed by atoms with Gasteiger partial charge >= 0.3 is 6.03 Å². The number of likely N-dealkylation sites (tertiary alicyclic amines) is 1. The van der Waals surface area contributed by atoms with Gasteiger partial charge in [-0.05, 0) is 24.3 Å². The molecule has 0 aliphatic carbocycles. The minimum atomic E-state index is -0.159. The van der Waals surface area contributed by atoms with Gasteiger partial charge in [0.1, 0.15) is 18.1 Å². The summed E-state index contributed by atoms with van der Waals surface area (Å²) >= 11 is 0. The Kier molecular flexibility index (Phi) is 4.39. The van der Waals surface area contributed by atoms with Crippen molar-refractivity contribution in [2.24, 2.45) is 0 Å². The van der Waals surface area contributed by atoms with E-state index in [1.54, 1.807) is 27.8 Å². The van der Waals surface area contributed by atoms with Crippen molar-refractivity contribution >= 4 is 11.7 Å². The number of fused-ring (bicyclic) bond motifs is 1. The molecule has 0 saturated carbocycles. The Hall–Kier alpha value is -3.75. The number of carbonyl (C=O) groups is 1. The number of nitrogens with one attached hydrogen (secondary N) is 1. The molecule has 2 aliphatic rings. The van der Waals surface area contributed by atoms with Crippen molar-refractivity contribution in [1.29, 1.82) is 0 Å². The Morgan fingerprint density at radius 2 is 1.97 bits per heavy atom. The number of ether oxygens (including phenoxy) is 3. The zero-order valence-electron chi connectivity index (χ0n) is 15.5. The molecule has 3 aromatic rings. The molecule has 5 rings (SSSR count). The van der Waals surface area contributed by atoms with Gasteiger partial charge in [-0.1, -0.05) is 23.4 Å². The second-order valence-corrected chi connectivity index (χ2v) is 6.85. The lowest BCUT2D eigenvalue weighted by Crippen LogP contribution is -2.52. The zero-order valence-corrected chi connectivity index (χ0v) is 15.5. The predicted molar refractivity (Wildman–Crippen MR) is 103 cm³/mol. The maximum absolute atomic E-state index is 12.4. The normalized spacial score (nSPS) is 15.1. The molecule has 2 aliphatic heterocycles. The van der Waals surface area contributed by atoms with Crippen LogP contribution in [0.5, 0.6) is 17.2 Å². The number of urea groups is 1. The second kappa shape index (κ2) is 7.34. The fourth-order valence-corrected chi connectivity index (χ4v) is 3.20. The molecule has 0 atom stereocenters. The van der Waals surface area contributed by atoms with E-state index in [2.05, 4.69) is 15.6 Å². The van der Waals surface area contributed by atoms with Gasteiger partial charge in [-0.25, -0.2) is 9.48 Å². The molecule has 0 bridgehead atoms. The number of carbonyl (C=O) groups excluding carboxylic acids is 1. The molecule has 9 heteroatoms. The number of rotatable bonds is 5. The fourth-order valence-electron chi connectivity index (χ4n) is 3.20. The average molecular weight is 393 g/mol. The quantitative estimate of drug-likeness (QED) is 0.717. The van der Waals surface area contributed by atoms with E-state index >= 15 is 0 Å². The summed E-state index contributed by atoms with van der Waals surface area (Å²) in [5.74, 6) is 2.11. The molecular formula is C20H19N5O4. The summed E-state index contributed by atoms with van der Waals surface area (Å²) in [6, 6.07) is 14.9. The van der Waals surface area contributed by atoms with Gasteiger partial charge in [0.25, 0.3) is 0 Å². The zero-order chi connectivity index (χ0) is 19.6. The smallest absolute Gasteiger partial charge is 0.321 e. The lowest BCUT2D eigenvalue weighted by Gasteiger charge is -2.38. The summed E-state index contributed by atoms with van der Waals surface area (Å²) in [6.07, 6.45) is 1.86. The highest BCUT2D eigenvalue weighted by Crippen LogP contribution is 2.34. The summed E-state index contributed by atoms with van der Waals surface area (Å²) in [5.41, 5.74) is 1.42. The number of amides is 2. The van der Waals surface area contributed by atoms with Crippen LogP contribution in [-0.2, 0) is 6.61 Å². The van der Waals surface area contributed by atoms with E-state index in [-0.39, 0.29) is 18.9 Å². The van der Waals surface area contributed by atoms with Gasteiger partial charge in [-0.3, -0.25) is 0 Å². The van der Waals surface area contributed by atoms with E-state index in [0.717, 1.165) is 11.4 Å². The van der Waals surface area contributed by atoms with Crippen LogP contribution in [0.2, 0.25) is 0 Å². The molecule has 0 unspecified atom stereocenters. The third-order valence-corrected chi connectivity index (χ3v) is 4.84. The van der Waals surface area contributed by atoms with Crippen molar-refractivity contribution in [2.45, 2.75) is 12.6 Å². The predicted octanol–water partition coefficient (Wildman–Crippen LogP) is 2.67. The van der Waals surface area contributed by atoms with Gasteiger partial charge < -0.3 is 24.4 Å². The van der Waals surface area contributed by atoms with Crippen LogP contribution in [0.15, 0.2) is 54.7 Å². The van der Waals surface area contributed by atoms with E-state index < -0.39 is 0 Å². The molecule has 0 radical (unpaired) electrons. The standard InChI is InChI=1S/C20H19N5O4/c26-20(21-14-6-7-18-19(8-14)29-13-28-18)24-10-16(11-24)25-9-15(22-23-25)12-27-17-4-2-1-3-5-17/h1-9,16H,10-13H2,(H,21,26). The van der Waals surface area contributed by atoms with Crippen LogP contribution < -0.4 is 19.5 Å². The first-order chi connectivity index (χ1) is 14.2. The maximum Gasteiger partial charge on any atom is 0.321 e.